The minimum atomic E-state index is -0.457. The summed E-state index contributed by atoms with van der Waals surface area (Å²) in [6.07, 6.45) is 2.19. The Balaban J connectivity index is 1.65. The van der Waals surface area contributed by atoms with Crippen LogP contribution in [0.15, 0.2) is 111 Å². The molecule has 0 radical (unpaired) electrons. The molecular formula is C25H16N2OS2+2. The number of thioether (sulfide) groups is 2. The zero-order chi connectivity index (χ0) is 19.7. The average Bonchev–Trinajstić information content (AvgIpc) is 3.20. The third kappa shape index (κ3) is 2.09. The van der Waals surface area contributed by atoms with E-state index in [9.17, 15) is 0 Å². The van der Waals surface area contributed by atoms with Gasteiger partial charge >= 0.3 is 10.2 Å². The third-order valence-corrected chi connectivity index (χ3v) is 8.67. The molecule has 0 saturated carbocycles. The first-order valence-corrected chi connectivity index (χ1v) is 11.5. The van der Waals surface area contributed by atoms with E-state index in [0.29, 0.717) is 0 Å². The van der Waals surface area contributed by atoms with Crippen molar-refractivity contribution in [3.8, 4) is 22.7 Å². The van der Waals surface area contributed by atoms with Crippen molar-refractivity contribution >= 4 is 34.6 Å². The summed E-state index contributed by atoms with van der Waals surface area (Å²) in [4.78, 5) is 2.50. The molecule has 0 N–H and O–H groups in total. The van der Waals surface area contributed by atoms with Crippen molar-refractivity contribution in [1.82, 2.24) is 0 Å². The highest BCUT2D eigenvalue weighted by Crippen LogP contribution is 2.54. The fraction of sp³-hybridized carbons (Fsp3) is 0.0400. The second-order valence-electron chi connectivity index (χ2n) is 7.41. The maximum absolute atomic E-state index is 6.47. The molecule has 5 aromatic rings. The monoisotopic (exact) mass is 424 g/mol. The van der Waals surface area contributed by atoms with Crippen molar-refractivity contribution in [1.29, 1.82) is 0 Å². The molecule has 1 spiro atoms. The molecule has 4 heterocycles. The topological polar surface area (TPSA) is 20.9 Å². The Morgan fingerprint density at radius 3 is 2.20 bits per heavy atom. The van der Waals surface area contributed by atoms with Gasteiger partial charge < -0.3 is 4.42 Å². The van der Waals surface area contributed by atoms with E-state index in [2.05, 4.69) is 100 Å². The van der Waals surface area contributed by atoms with Gasteiger partial charge in [0.25, 0.3) is 5.52 Å². The van der Waals surface area contributed by atoms with Gasteiger partial charge in [-0.05, 0) is 36.4 Å². The van der Waals surface area contributed by atoms with E-state index in [0.717, 1.165) is 22.6 Å². The summed E-state index contributed by atoms with van der Waals surface area (Å²) in [5.41, 5.74) is 5.62. The summed E-state index contributed by atoms with van der Waals surface area (Å²) in [6, 6.07) is 32.0. The molecule has 142 valence electrons. The van der Waals surface area contributed by atoms with Crippen LogP contribution in [-0.2, 0) is 4.33 Å². The largest absolute Gasteiger partial charge is 0.474 e. The molecule has 7 rings (SSSR count). The molecule has 2 aromatic heterocycles. The highest BCUT2D eigenvalue weighted by atomic mass is 32.2. The van der Waals surface area contributed by atoms with Crippen LogP contribution in [0.4, 0.5) is 0 Å². The molecule has 0 saturated heterocycles. The van der Waals surface area contributed by atoms with Gasteiger partial charge in [-0.1, -0.05) is 41.0 Å². The molecule has 2 aliphatic rings. The third-order valence-electron chi connectivity index (χ3n) is 5.73. The predicted molar refractivity (Wildman–Crippen MR) is 119 cm³/mol. The van der Waals surface area contributed by atoms with Crippen LogP contribution in [0, 0.1) is 0 Å². The Bertz CT molecular complexity index is 1470. The van der Waals surface area contributed by atoms with Gasteiger partial charge in [0.2, 0.25) is 11.3 Å². The number of nitrogens with zero attached hydrogens (tertiary/aromatic N) is 2. The second-order valence-corrected chi connectivity index (χ2v) is 10.1. The van der Waals surface area contributed by atoms with Crippen molar-refractivity contribution < 1.29 is 13.6 Å². The molecule has 1 atom stereocenters. The van der Waals surface area contributed by atoms with Crippen molar-refractivity contribution in [2.45, 2.75) is 14.1 Å². The molecule has 1 unspecified atom stereocenters. The molecule has 0 fully saturated rings. The molecule has 0 bridgehead atoms. The average molecular weight is 425 g/mol. The highest BCUT2D eigenvalue weighted by Gasteiger charge is 2.63. The maximum atomic E-state index is 6.47. The van der Waals surface area contributed by atoms with Crippen LogP contribution in [0.2, 0.25) is 0 Å². The lowest BCUT2D eigenvalue weighted by Crippen LogP contribution is -2.72. The van der Waals surface area contributed by atoms with Crippen LogP contribution in [0.3, 0.4) is 0 Å². The minimum absolute atomic E-state index is 0.457. The molecular weight excluding hydrogens is 408 g/mol. The minimum Gasteiger partial charge on any atom is -0.397 e. The van der Waals surface area contributed by atoms with Crippen molar-refractivity contribution in [3.05, 3.63) is 97.2 Å². The van der Waals surface area contributed by atoms with E-state index in [-0.39, 0.29) is 0 Å². The van der Waals surface area contributed by atoms with E-state index < -0.39 is 4.33 Å². The first-order chi connectivity index (χ1) is 14.9. The first kappa shape index (κ1) is 16.7. The van der Waals surface area contributed by atoms with Crippen LogP contribution in [0.25, 0.3) is 33.8 Å². The van der Waals surface area contributed by atoms with E-state index >= 15 is 0 Å². The van der Waals surface area contributed by atoms with Gasteiger partial charge in [0.05, 0.1) is 5.56 Å². The number of para-hydroxylation sites is 2. The molecule has 3 nitrogen and oxygen atoms in total. The smallest absolute Gasteiger partial charge is 0.397 e. The lowest BCUT2D eigenvalue weighted by molar-refractivity contribution is -0.917. The van der Waals surface area contributed by atoms with Gasteiger partial charge in [-0.25, -0.2) is 0 Å². The molecule has 0 aliphatic carbocycles. The molecule has 30 heavy (non-hydrogen) atoms. The number of fused-ring (bicyclic) bond motifs is 10. The number of pyridine rings is 1. The highest BCUT2D eigenvalue weighted by molar-refractivity contribution is 8.16. The molecule has 2 aliphatic heterocycles. The van der Waals surface area contributed by atoms with Crippen LogP contribution >= 0.6 is 23.5 Å². The zero-order valence-electron chi connectivity index (χ0n) is 15.9. The standard InChI is InChI=1S/C25H16N2OS2/c1-5-14-22-17(9-1)19-11-7-8-16-26(19)25(29-22)27-20-12-3-4-13-21(20)28-24(27)18-10-2-6-15-23(18)30-25/h1-16H/q+2. The Labute approximate surface area is 182 Å². The predicted octanol–water partition coefficient (Wildman–Crippen LogP) is 5.67. The molecule has 0 amide bonds. The summed E-state index contributed by atoms with van der Waals surface area (Å²) in [5.74, 6) is 0.903. The van der Waals surface area contributed by atoms with Gasteiger partial charge in [-0.3, -0.25) is 0 Å². The van der Waals surface area contributed by atoms with Crippen molar-refractivity contribution in [3.63, 3.8) is 0 Å². The van der Waals surface area contributed by atoms with Gasteiger partial charge in [0.1, 0.15) is 5.56 Å². The second kappa shape index (κ2) is 6.00. The molecule has 3 aromatic carbocycles. The van der Waals surface area contributed by atoms with Gasteiger partial charge in [-0.2, -0.15) is 0 Å². The SMILES string of the molecule is c1ccc2c(c1)SC1(Sc3ccccc3-c3oc4ccccc4[n+]31)[n+]1ccccc1-2. The van der Waals surface area contributed by atoms with Crippen LogP contribution in [-0.4, -0.2) is 0 Å². The van der Waals surface area contributed by atoms with E-state index in [1.54, 1.807) is 0 Å². The van der Waals surface area contributed by atoms with E-state index in [1.165, 1.54) is 21.0 Å². The summed E-state index contributed by atoms with van der Waals surface area (Å²) < 4.78 is 10.8. The Kier molecular flexibility index (Phi) is 3.35. The first-order valence-electron chi connectivity index (χ1n) is 9.87. The summed E-state index contributed by atoms with van der Waals surface area (Å²) in [5, 5.41) is 0. The number of oxazole rings is 1. The summed E-state index contributed by atoms with van der Waals surface area (Å²) >= 11 is 3.76. The fourth-order valence-electron chi connectivity index (χ4n) is 4.46. The Morgan fingerprint density at radius 2 is 1.33 bits per heavy atom. The van der Waals surface area contributed by atoms with Crippen LogP contribution in [0.5, 0.6) is 0 Å². The fourth-order valence-corrected chi connectivity index (χ4v) is 7.64. The van der Waals surface area contributed by atoms with Crippen molar-refractivity contribution in [2.75, 3.05) is 0 Å². The molecule has 5 heteroatoms. The van der Waals surface area contributed by atoms with Crippen molar-refractivity contribution in [2.24, 2.45) is 0 Å². The number of hydrogen-bond acceptors (Lipinski definition) is 3. The Hall–Kier alpha value is -3.02. The van der Waals surface area contributed by atoms with Crippen LogP contribution in [0.1, 0.15) is 0 Å². The van der Waals surface area contributed by atoms with E-state index in [1.807, 2.05) is 29.6 Å². The van der Waals surface area contributed by atoms with Gasteiger partial charge in [0, 0.05) is 51.5 Å². The maximum Gasteiger partial charge on any atom is 0.474 e. The van der Waals surface area contributed by atoms with Gasteiger partial charge in [-0.15, -0.1) is 4.57 Å². The lowest BCUT2D eigenvalue weighted by atomic mass is 10.1. The Morgan fingerprint density at radius 1 is 0.667 bits per heavy atom. The lowest BCUT2D eigenvalue weighted by Gasteiger charge is -2.29. The van der Waals surface area contributed by atoms with Crippen LogP contribution < -0.4 is 9.13 Å². The number of aromatic nitrogens is 2. The van der Waals surface area contributed by atoms with E-state index in [4.69, 9.17) is 4.42 Å². The number of hydrogen-bond donors (Lipinski definition) is 0. The quantitative estimate of drug-likeness (QED) is 0.299. The summed E-state index contributed by atoms with van der Waals surface area (Å²) in [6.45, 7) is 0. The van der Waals surface area contributed by atoms with Gasteiger partial charge in [0.15, 0.2) is 6.20 Å². The summed E-state index contributed by atoms with van der Waals surface area (Å²) in [7, 11) is 0. The normalized spacial score (nSPS) is 18.5. The zero-order valence-corrected chi connectivity index (χ0v) is 17.5. The number of benzene rings is 3. The number of rotatable bonds is 0.